The smallest absolute Gasteiger partial charge is 0.131 e. The van der Waals surface area contributed by atoms with E-state index in [0.717, 1.165) is 4.88 Å². The number of aromatic nitrogens is 1. The number of hydrogen-bond donors (Lipinski definition) is 1. The molecule has 0 aliphatic carbocycles. The van der Waals surface area contributed by atoms with Gasteiger partial charge >= 0.3 is 0 Å². The molecule has 0 amide bonds. The molecule has 2 rings (SSSR count). The zero-order valence-electron chi connectivity index (χ0n) is 9.39. The highest BCUT2D eigenvalue weighted by molar-refractivity contribution is 7.09. The molecule has 2 N–H and O–H groups in total. The van der Waals surface area contributed by atoms with E-state index in [1.54, 1.807) is 30.8 Å². The summed E-state index contributed by atoms with van der Waals surface area (Å²) in [6.07, 6.45) is 1.73. The van der Waals surface area contributed by atoms with Gasteiger partial charge in [-0.1, -0.05) is 6.07 Å². The maximum atomic E-state index is 13.6. The van der Waals surface area contributed by atoms with Crippen molar-refractivity contribution < 1.29 is 9.13 Å². The Bertz CT molecular complexity index is 485. The number of rotatable bonds is 4. The maximum absolute atomic E-state index is 13.6. The zero-order valence-corrected chi connectivity index (χ0v) is 10.2. The average Bonchev–Trinajstić information content (AvgIpc) is 2.78. The Morgan fingerprint density at radius 3 is 2.94 bits per heavy atom. The van der Waals surface area contributed by atoms with Crippen LogP contribution in [0.4, 0.5) is 4.39 Å². The molecule has 0 spiro atoms. The lowest BCUT2D eigenvalue weighted by Gasteiger charge is -2.09. The fourth-order valence-corrected chi connectivity index (χ4v) is 1.94. The number of ether oxygens (including phenoxy) is 1. The molecule has 5 heteroatoms. The van der Waals surface area contributed by atoms with E-state index in [9.17, 15) is 4.39 Å². The average molecular weight is 252 g/mol. The first-order valence-electron chi connectivity index (χ1n) is 5.22. The van der Waals surface area contributed by atoms with E-state index >= 15 is 0 Å². The van der Waals surface area contributed by atoms with Crippen LogP contribution in [0.3, 0.4) is 0 Å². The molecule has 1 heterocycles. The number of benzene rings is 1. The van der Waals surface area contributed by atoms with Crippen molar-refractivity contribution in [3.05, 3.63) is 46.2 Å². The van der Waals surface area contributed by atoms with Crippen molar-refractivity contribution >= 4 is 11.3 Å². The van der Waals surface area contributed by atoms with E-state index in [1.165, 1.54) is 17.4 Å². The van der Waals surface area contributed by atoms with E-state index in [2.05, 4.69) is 4.98 Å². The molecule has 1 unspecified atom stereocenters. The van der Waals surface area contributed by atoms with Gasteiger partial charge in [-0.25, -0.2) is 4.39 Å². The fourth-order valence-electron chi connectivity index (χ4n) is 1.43. The highest BCUT2D eigenvalue weighted by Crippen LogP contribution is 2.21. The van der Waals surface area contributed by atoms with E-state index in [1.807, 2.05) is 0 Å². The number of thiazole rings is 1. The number of halogens is 1. The minimum Gasteiger partial charge on any atom is -0.488 e. The predicted octanol–water partition coefficient (Wildman–Crippen LogP) is 2.88. The van der Waals surface area contributed by atoms with Gasteiger partial charge < -0.3 is 10.5 Å². The molecule has 0 bridgehead atoms. The summed E-state index contributed by atoms with van der Waals surface area (Å²) in [4.78, 5) is 4.94. The van der Waals surface area contributed by atoms with Gasteiger partial charge in [-0.2, -0.15) is 0 Å². The van der Waals surface area contributed by atoms with Gasteiger partial charge in [-0.15, -0.1) is 11.3 Å². The molecule has 0 radical (unpaired) electrons. The van der Waals surface area contributed by atoms with Crippen LogP contribution < -0.4 is 10.5 Å². The first-order chi connectivity index (χ1) is 8.16. The number of nitrogens with zero attached hydrogens (tertiary/aromatic N) is 1. The second kappa shape index (κ2) is 5.25. The number of hydrogen-bond acceptors (Lipinski definition) is 4. The Hall–Kier alpha value is -1.46. The third-order valence-electron chi connectivity index (χ3n) is 2.33. The van der Waals surface area contributed by atoms with E-state index < -0.39 is 0 Å². The van der Waals surface area contributed by atoms with Gasteiger partial charge in [-0.3, -0.25) is 4.98 Å². The van der Waals surface area contributed by atoms with Crippen molar-refractivity contribution in [2.45, 2.75) is 19.6 Å². The Morgan fingerprint density at radius 2 is 2.35 bits per heavy atom. The molecule has 90 valence electrons. The third kappa shape index (κ3) is 3.01. The molecule has 0 fully saturated rings. The lowest BCUT2D eigenvalue weighted by Crippen LogP contribution is -2.07. The van der Waals surface area contributed by atoms with Gasteiger partial charge in [0.05, 0.1) is 10.4 Å². The number of nitrogens with two attached hydrogens (primary N) is 1. The van der Waals surface area contributed by atoms with Crippen molar-refractivity contribution in [3.8, 4) is 5.75 Å². The molecule has 1 atom stereocenters. The van der Waals surface area contributed by atoms with Crippen LogP contribution in [-0.4, -0.2) is 4.98 Å². The lowest BCUT2D eigenvalue weighted by molar-refractivity contribution is 0.307. The Balaban J connectivity index is 2.05. The minimum absolute atomic E-state index is 0.314. The van der Waals surface area contributed by atoms with Crippen molar-refractivity contribution in [2.24, 2.45) is 5.73 Å². The van der Waals surface area contributed by atoms with Crippen LogP contribution in [0, 0.1) is 5.82 Å². The molecule has 1 aromatic heterocycles. The van der Waals surface area contributed by atoms with Crippen molar-refractivity contribution in [1.82, 2.24) is 4.98 Å². The van der Waals surface area contributed by atoms with Crippen molar-refractivity contribution in [2.75, 3.05) is 0 Å². The summed E-state index contributed by atoms with van der Waals surface area (Å²) in [5, 5.41) is 0. The predicted molar refractivity (Wildman–Crippen MR) is 65.4 cm³/mol. The monoisotopic (exact) mass is 252 g/mol. The van der Waals surface area contributed by atoms with Crippen LogP contribution in [0.5, 0.6) is 5.75 Å². The lowest BCUT2D eigenvalue weighted by atomic mass is 10.1. The summed E-state index contributed by atoms with van der Waals surface area (Å²) in [7, 11) is 0. The zero-order chi connectivity index (χ0) is 12.3. The van der Waals surface area contributed by atoms with Crippen LogP contribution in [-0.2, 0) is 6.61 Å². The summed E-state index contributed by atoms with van der Waals surface area (Å²) in [5.74, 6) is 0.169. The summed E-state index contributed by atoms with van der Waals surface area (Å²) >= 11 is 1.50. The summed E-state index contributed by atoms with van der Waals surface area (Å²) < 4.78 is 19.1. The Labute approximate surface area is 103 Å². The molecular weight excluding hydrogens is 239 g/mol. The van der Waals surface area contributed by atoms with E-state index in [4.69, 9.17) is 10.5 Å². The first-order valence-corrected chi connectivity index (χ1v) is 6.10. The highest BCUT2D eigenvalue weighted by Gasteiger charge is 2.08. The van der Waals surface area contributed by atoms with Crippen LogP contribution in [0.25, 0.3) is 0 Å². The Morgan fingerprint density at radius 1 is 1.53 bits per heavy atom. The van der Waals surface area contributed by atoms with Gasteiger partial charge in [0.25, 0.3) is 0 Å². The van der Waals surface area contributed by atoms with E-state index in [-0.39, 0.29) is 11.9 Å². The van der Waals surface area contributed by atoms with Crippen molar-refractivity contribution in [1.29, 1.82) is 0 Å². The molecule has 1 aromatic carbocycles. The highest BCUT2D eigenvalue weighted by atomic mass is 32.1. The molecule has 0 saturated heterocycles. The van der Waals surface area contributed by atoms with Gasteiger partial charge in [0, 0.05) is 23.9 Å². The van der Waals surface area contributed by atoms with Crippen LogP contribution in [0.15, 0.2) is 29.9 Å². The fraction of sp³-hybridized carbons (Fsp3) is 0.250. The molecule has 17 heavy (non-hydrogen) atoms. The van der Waals surface area contributed by atoms with Gasteiger partial charge in [0.1, 0.15) is 18.2 Å². The van der Waals surface area contributed by atoms with Gasteiger partial charge in [-0.05, 0) is 13.0 Å². The van der Waals surface area contributed by atoms with Crippen molar-refractivity contribution in [3.63, 3.8) is 0 Å². The molecular formula is C12H13FN2OS. The molecule has 3 nitrogen and oxygen atoms in total. The van der Waals surface area contributed by atoms with Crippen LogP contribution in [0.2, 0.25) is 0 Å². The SMILES string of the molecule is CC(N)c1ccc(OCc2cncs2)cc1F. The quantitative estimate of drug-likeness (QED) is 0.910. The summed E-state index contributed by atoms with van der Waals surface area (Å²) in [6.45, 7) is 2.15. The molecule has 0 aliphatic rings. The molecule has 0 aliphatic heterocycles. The Kier molecular flexibility index (Phi) is 3.71. The normalized spacial score (nSPS) is 12.4. The summed E-state index contributed by atoms with van der Waals surface area (Å²) in [6, 6.07) is 4.43. The second-order valence-corrected chi connectivity index (χ2v) is 4.70. The maximum Gasteiger partial charge on any atom is 0.131 e. The minimum atomic E-state index is -0.332. The van der Waals surface area contributed by atoms with Crippen LogP contribution >= 0.6 is 11.3 Å². The van der Waals surface area contributed by atoms with Crippen LogP contribution in [0.1, 0.15) is 23.4 Å². The summed E-state index contributed by atoms with van der Waals surface area (Å²) in [5.41, 5.74) is 7.86. The molecule has 0 saturated carbocycles. The second-order valence-electron chi connectivity index (χ2n) is 3.73. The van der Waals surface area contributed by atoms with E-state index in [0.29, 0.717) is 17.9 Å². The topological polar surface area (TPSA) is 48.1 Å². The molecule has 2 aromatic rings. The van der Waals surface area contributed by atoms with Gasteiger partial charge in [0.2, 0.25) is 0 Å². The first kappa shape index (κ1) is 12.0. The third-order valence-corrected chi connectivity index (χ3v) is 3.08. The standard InChI is InChI=1S/C12H13FN2OS/c1-8(14)11-3-2-9(4-12(11)13)16-6-10-5-15-7-17-10/h2-5,7-8H,6,14H2,1H3. The van der Waals surface area contributed by atoms with Gasteiger partial charge in [0.15, 0.2) is 0 Å². The largest absolute Gasteiger partial charge is 0.488 e.